The molecule has 0 amide bonds. The zero-order valence-corrected chi connectivity index (χ0v) is 12.0. The van der Waals surface area contributed by atoms with Crippen LogP contribution in [0.2, 0.25) is 0 Å². The quantitative estimate of drug-likeness (QED) is 0.798. The Morgan fingerprint density at radius 2 is 1.81 bits per heavy atom. The molecule has 8 heteroatoms. The number of aromatic hydroxyl groups is 2. The van der Waals surface area contributed by atoms with Crippen molar-refractivity contribution in [3.8, 4) is 11.5 Å². The summed E-state index contributed by atoms with van der Waals surface area (Å²) in [5, 5.41) is 22.2. The maximum absolute atomic E-state index is 12.8. The zero-order valence-electron chi connectivity index (χ0n) is 11.2. The molecule has 0 saturated carbocycles. The highest BCUT2D eigenvalue weighted by Crippen LogP contribution is 2.38. The van der Waals surface area contributed by atoms with E-state index in [1.165, 1.54) is 12.1 Å². The Morgan fingerprint density at radius 3 is 2.33 bits per heavy atom. The third kappa shape index (κ3) is 4.94. The smallest absolute Gasteiger partial charge is 0.390 e. The molecule has 1 aliphatic heterocycles. The van der Waals surface area contributed by atoms with Crippen LogP contribution in [0.1, 0.15) is 18.0 Å². The summed E-state index contributed by atoms with van der Waals surface area (Å²) in [7, 11) is 0. The van der Waals surface area contributed by atoms with E-state index in [0.29, 0.717) is 26.2 Å². The summed E-state index contributed by atoms with van der Waals surface area (Å²) in [5.41, 5.74) is 0.196. The minimum atomic E-state index is -4.32. The van der Waals surface area contributed by atoms with Crippen LogP contribution in [0.4, 0.5) is 13.2 Å². The summed E-state index contributed by atoms with van der Waals surface area (Å²) >= 11 is 0. The first-order valence-corrected chi connectivity index (χ1v) is 6.40. The van der Waals surface area contributed by atoms with Crippen molar-refractivity contribution in [1.82, 2.24) is 10.2 Å². The highest BCUT2D eigenvalue weighted by molar-refractivity contribution is 5.85. The van der Waals surface area contributed by atoms with Crippen LogP contribution < -0.4 is 5.32 Å². The number of rotatable bonds is 3. The van der Waals surface area contributed by atoms with Gasteiger partial charge >= 0.3 is 6.18 Å². The number of benzene rings is 1. The van der Waals surface area contributed by atoms with Gasteiger partial charge in [-0.1, -0.05) is 6.07 Å². The third-order valence-corrected chi connectivity index (χ3v) is 3.39. The fourth-order valence-electron chi connectivity index (χ4n) is 2.46. The van der Waals surface area contributed by atoms with E-state index in [2.05, 4.69) is 5.32 Å². The number of hydrogen-bond acceptors (Lipinski definition) is 4. The molecule has 1 atom stereocenters. The van der Waals surface area contributed by atoms with Crippen molar-refractivity contribution in [2.45, 2.75) is 18.6 Å². The first kappa shape index (κ1) is 17.9. The van der Waals surface area contributed by atoms with Crippen LogP contribution in [0, 0.1) is 0 Å². The molecule has 0 unspecified atom stereocenters. The van der Waals surface area contributed by atoms with E-state index in [4.69, 9.17) is 0 Å². The van der Waals surface area contributed by atoms with Crippen LogP contribution >= 0.6 is 12.4 Å². The van der Waals surface area contributed by atoms with Crippen molar-refractivity contribution in [3.63, 3.8) is 0 Å². The van der Waals surface area contributed by atoms with Gasteiger partial charge in [0.05, 0.1) is 6.42 Å². The van der Waals surface area contributed by atoms with Gasteiger partial charge in [-0.05, 0) is 6.07 Å². The van der Waals surface area contributed by atoms with Gasteiger partial charge < -0.3 is 15.5 Å². The first-order chi connectivity index (χ1) is 9.37. The molecule has 1 heterocycles. The minimum absolute atomic E-state index is 0. The lowest BCUT2D eigenvalue weighted by Gasteiger charge is -2.35. The first-order valence-electron chi connectivity index (χ1n) is 6.40. The molecule has 0 spiro atoms. The predicted molar refractivity (Wildman–Crippen MR) is 74.9 cm³/mol. The predicted octanol–water partition coefficient (Wildman–Crippen LogP) is 2.42. The second kappa shape index (κ2) is 7.20. The van der Waals surface area contributed by atoms with E-state index < -0.39 is 18.6 Å². The molecule has 120 valence electrons. The summed E-state index contributed by atoms with van der Waals surface area (Å²) in [6.07, 6.45) is -5.34. The van der Waals surface area contributed by atoms with Crippen molar-refractivity contribution in [2.24, 2.45) is 0 Å². The number of hydrogen-bond donors (Lipinski definition) is 3. The maximum atomic E-state index is 12.8. The molecule has 3 N–H and O–H groups in total. The molecule has 2 rings (SSSR count). The fraction of sp³-hybridized carbons (Fsp3) is 0.538. The van der Waals surface area contributed by atoms with Crippen molar-refractivity contribution >= 4 is 12.4 Å². The Morgan fingerprint density at radius 1 is 1.19 bits per heavy atom. The molecule has 1 aromatic carbocycles. The average molecular weight is 327 g/mol. The maximum Gasteiger partial charge on any atom is 0.390 e. The molecule has 1 saturated heterocycles. The van der Waals surface area contributed by atoms with Crippen molar-refractivity contribution < 1.29 is 23.4 Å². The summed E-state index contributed by atoms with van der Waals surface area (Å²) in [6, 6.07) is 2.78. The molecule has 0 aliphatic carbocycles. The van der Waals surface area contributed by atoms with Crippen molar-refractivity contribution in [2.75, 3.05) is 26.2 Å². The number of nitrogens with one attached hydrogen (secondary N) is 1. The fourth-order valence-corrected chi connectivity index (χ4v) is 2.46. The Balaban J connectivity index is 0.00000220. The third-order valence-electron chi connectivity index (χ3n) is 3.39. The van der Waals surface area contributed by atoms with Crippen LogP contribution in [0.5, 0.6) is 11.5 Å². The summed E-state index contributed by atoms with van der Waals surface area (Å²) < 4.78 is 38.4. The Labute approximate surface area is 127 Å². The molecule has 0 radical (unpaired) electrons. The summed E-state index contributed by atoms with van der Waals surface area (Å²) in [5.74, 6) is -0.477. The van der Waals surface area contributed by atoms with Gasteiger partial charge in [0, 0.05) is 43.9 Å². The normalized spacial score (nSPS) is 18.0. The number of nitrogens with zero attached hydrogens (tertiary/aromatic N) is 1. The molecule has 0 aromatic heterocycles. The van der Waals surface area contributed by atoms with Gasteiger partial charge in [0.25, 0.3) is 0 Å². The van der Waals surface area contributed by atoms with Gasteiger partial charge in [-0.15, -0.1) is 12.4 Å². The van der Waals surface area contributed by atoms with Crippen LogP contribution in [0.15, 0.2) is 18.2 Å². The van der Waals surface area contributed by atoms with E-state index >= 15 is 0 Å². The Bertz CT molecular complexity index is 465. The number of alkyl halides is 3. The molecule has 0 bridgehead atoms. The lowest BCUT2D eigenvalue weighted by Crippen LogP contribution is -2.46. The van der Waals surface area contributed by atoms with Crippen LogP contribution in [0.25, 0.3) is 0 Å². The average Bonchev–Trinajstić information content (AvgIpc) is 2.36. The number of phenolic OH excluding ortho intramolecular Hbond substituents is 2. The lowest BCUT2D eigenvalue weighted by molar-refractivity contribution is -0.148. The van der Waals surface area contributed by atoms with E-state index in [1.54, 1.807) is 4.90 Å². The highest BCUT2D eigenvalue weighted by atomic mass is 35.5. The van der Waals surface area contributed by atoms with E-state index in [1.807, 2.05) is 0 Å². The SMILES string of the molecule is Cl.Oc1ccc([C@H](CC(F)(F)F)N2CCNCC2)c(O)c1. The molecule has 4 nitrogen and oxygen atoms in total. The second-order valence-corrected chi connectivity index (χ2v) is 4.86. The molecule has 1 fully saturated rings. The molecule has 21 heavy (non-hydrogen) atoms. The Kier molecular flexibility index (Phi) is 6.12. The minimum Gasteiger partial charge on any atom is -0.508 e. The highest BCUT2D eigenvalue weighted by Gasteiger charge is 2.37. The van der Waals surface area contributed by atoms with Gasteiger partial charge in [0.15, 0.2) is 0 Å². The van der Waals surface area contributed by atoms with E-state index in [9.17, 15) is 23.4 Å². The molecular formula is C13H18ClF3N2O2. The summed E-state index contributed by atoms with van der Waals surface area (Å²) in [4.78, 5) is 1.70. The molecule has 1 aromatic rings. The van der Waals surface area contributed by atoms with Gasteiger partial charge in [-0.2, -0.15) is 13.2 Å². The van der Waals surface area contributed by atoms with E-state index in [0.717, 1.165) is 6.07 Å². The second-order valence-electron chi connectivity index (χ2n) is 4.86. The number of piperazine rings is 1. The van der Waals surface area contributed by atoms with E-state index in [-0.39, 0.29) is 29.5 Å². The number of phenols is 2. The molecular weight excluding hydrogens is 309 g/mol. The summed E-state index contributed by atoms with van der Waals surface area (Å²) in [6.45, 7) is 2.21. The van der Waals surface area contributed by atoms with Crippen LogP contribution in [-0.2, 0) is 0 Å². The monoisotopic (exact) mass is 326 g/mol. The Hall–Kier alpha value is -1.18. The standard InChI is InChI=1S/C13H17F3N2O2.ClH/c14-13(15,16)8-11(18-5-3-17-4-6-18)10-2-1-9(19)7-12(10)20;/h1-2,7,11,17,19-20H,3-6,8H2;1H/t11-;/m0./s1. The largest absolute Gasteiger partial charge is 0.508 e. The molecule has 1 aliphatic rings. The van der Waals surface area contributed by atoms with Gasteiger partial charge in [0.2, 0.25) is 0 Å². The van der Waals surface area contributed by atoms with Crippen molar-refractivity contribution in [3.05, 3.63) is 23.8 Å². The van der Waals surface area contributed by atoms with Gasteiger partial charge in [-0.3, -0.25) is 4.90 Å². The van der Waals surface area contributed by atoms with Crippen molar-refractivity contribution in [1.29, 1.82) is 0 Å². The van der Waals surface area contributed by atoms with Gasteiger partial charge in [0.1, 0.15) is 11.5 Å². The van der Waals surface area contributed by atoms with Crippen LogP contribution in [-0.4, -0.2) is 47.5 Å². The zero-order chi connectivity index (χ0) is 14.8. The van der Waals surface area contributed by atoms with Crippen LogP contribution in [0.3, 0.4) is 0 Å². The number of halogens is 4. The lowest BCUT2D eigenvalue weighted by atomic mass is 9.99. The van der Waals surface area contributed by atoms with Gasteiger partial charge in [-0.25, -0.2) is 0 Å². The topological polar surface area (TPSA) is 55.7 Å².